The van der Waals surface area contributed by atoms with Gasteiger partial charge in [0.05, 0.1) is 33.5 Å². The maximum atomic E-state index is 12.8. The molecule has 0 radical (unpaired) electrons. The number of nitrogens with one attached hydrogen (secondary N) is 1. The molecule has 2 aromatic carbocycles. The van der Waals surface area contributed by atoms with E-state index < -0.39 is 0 Å². The molecule has 1 unspecified atom stereocenters. The Morgan fingerprint density at radius 3 is 2.43 bits per heavy atom. The van der Waals surface area contributed by atoms with E-state index in [4.69, 9.17) is 14.2 Å². The summed E-state index contributed by atoms with van der Waals surface area (Å²) in [6.07, 6.45) is 2.07. The van der Waals surface area contributed by atoms with Crippen LogP contribution in [0.3, 0.4) is 0 Å². The Labute approximate surface area is 182 Å². The molecule has 1 N–H and O–H groups in total. The summed E-state index contributed by atoms with van der Waals surface area (Å²) in [7, 11) is 3.26. The molecule has 1 fully saturated rings. The van der Waals surface area contributed by atoms with Gasteiger partial charge in [-0.25, -0.2) is 0 Å². The highest BCUT2D eigenvalue weighted by molar-refractivity contribution is 7.97. The van der Waals surface area contributed by atoms with E-state index in [0.29, 0.717) is 36.8 Å². The number of ether oxygens (including phenoxy) is 3. The van der Waals surface area contributed by atoms with Crippen molar-refractivity contribution >= 4 is 17.7 Å². The summed E-state index contributed by atoms with van der Waals surface area (Å²) >= 11 is 1.77. The number of methoxy groups -OCH3 is 2. The highest BCUT2D eigenvalue weighted by Gasteiger charge is 2.24. The fourth-order valence-electron chi connectivity index (χ4n) is 3.62. The van der Waals surface area contributed by atoms with Crippen LogP contribution in [0.5, 0.6) is 11.5 Å². The number of nitrogens with zero attached hydrogens (tertiary/aromatic N) is 1. The number of hydrogen-bond acceptors (Lipinski definition) is 6. The number of carbonyl (C=O) groups is 1. The lowest BCUT2D eigenvalue weighted by Crippen LogP contribution is -2.43. The van der Waals surface area contributed by atoms with Gasteiger partial charge in [0.2, 0.25) is 0 Å². The van der Waals surface area contributed by atoms with E-state index in [9.17, 15) is 4.79 Å². The van der Waals surface area contributed by atoms with E-state index in [1.807, 2.05) is 42.5 Å². The normalized spacial score (nSPS) is 15.4. The fourth-order valence-corrected chi connectivity index (χ4v) is 4.14. The number of hydrogen-bond donors (Lipinski definition) is 1. The number of amides is 1. The van der Waals surface area contributed by atoms with Gasteiger partial charge in [-0.2, -0.15) is 11.8 Å². The molecular formula is C23H30N2O4S. The van der Waals surface area contributed by atoms with Crippen LogP contribution >= 0.6 is 11.8 Å². The van der Waals surface area contributed by atoms with Crippen LogP contribution in [-0.4, -0.2) is 64.1 Å². The molecule has 162 valence electrons. The SMILES string of the molecule is COc1ccc(C(CNC(=O)c2ccc(CSC)cc2)N2CCOCC2)cc1OC. The zero-order valence-corrected chi connectivity index (χ0v) is 18.7. The lowest BCUT2D eigenvalue weighted by atomic mass is 10.0. The molecule has 2 aromatic rings. The monoisotopic (exact) mass is 430 g/mol. The summed E-state index contributed by atoms with van der Waals surface area (Å²) in [5, 5.41) is 3.11. The molecule has 1 heterocycles. The first-order valence-electron chi connectivity index (χ1n) is 10.1. The maximum Gasteiger partial charge on any atom is 0.251 e. The molecule has 6 nitrogen and oxygen atoms in total. The molecule has 1 aliphatic rings. The van der Waals surface area contributed by atoms with E-state index >= 15 is 0 Å². The van der Waals surface area contributed by atoms with Crippen LogP contribution in [0.25, 0.3) is 0 Å². The van der Waals surface area contributed by atoms with Crippen molar-refractivity contribution in [2.24, 2.45) is 0 Å². The first-order chi connectivity index (χ1) is 14.7. The van der Waals surface area contributed by atoms with Crippen LogP contribution in [0, 0.1) is 0 Å². The van der Waals surface area contributed by atoms with Gasteiger partial charge < -0.3 is 19.5 Å². The predicted octanol–water partition coefficient (Wildman–Crippen LogP) is 3.37. The van der Waals surface area contributed by atoms with E-state index in [-0.39, 0.29) is 11.9 Å². The zero-order chi connectivity index (χ0) is 21.3. The molecule has 0 spiro atoms. The number of thioether (sulfide) groups is 1. The Bertz CT molecular complexity index is 822. The quantitative estimate of drug-likeness (QED) is 0.658. The van der Waals surface area contributed by atoms with Gasteiger partial charge in [-0.15, -0.1) is 0 Å². The second-order valence-corrected chi connectivity index (χ2v) is 7.98. The molecule has 0 saturated carbocycles. The standard InChI is InChI=1S/C23H30N2O4S/c1-27-21-9-8-19(14-22(21)28-2)20(25-10-12-29-13-11-25)15-24-23(26)18-6-4-17(5-7-18)16-30-3/h4-9,14,20H,10-13,15-16H2,1-3H3,(H,24,26). The predicted molar refractivity (Wildman–Crippen MR) is 121 cm³/mol. The Morgan fingerprint density at radius 1 is 1.10 bits per heavy atom. The second kappa shape index (κ2) is 11.2. The maximum absolute atomic E-state index is 12.8. The summed E-state index contributed by atoms with van der Waals surface area (Å²) in [5.74, 6) is 2.25. The number of benzene rings is 2. The summed E-state index contributed by atoms with van der Waals surface area (Å²) in [6, 6.07) is 13.8. The number of morpholine rings is 1. The van der Waals surface area contributed by atoms with E-state index in [0.717, 1.165) is 24.4 Å². The topological polar surface area (TPSA) is 60.0 Å². The van der Waals surface area contributed by atoms with E-state index in [2.05, 4.69) is 16.5 Å². The van der Waals surface area contributed by atoms with Crippen LogP contribution in [0.2, 0.25) is 0 Å². The van der Waals surface area contributed by atoms with Gasteiger partial charge in [0.25, 0.3) is 5.91 Å². The first-order valence-corrected chi connectivity index (χ1v) is 11.5. The lowest BCUT2D eigenvalue weighted by Gasteiger charge is -2.35. The number of rotatable bonds is 9. The van der Waals surface area contributed by atoms with Crippen molar-refractivity contribution in [1.29, 1.82) is 0 Å². The van der Waals surface area contributed by atoms with Crippen molar-refractivity contribution in [2.75, 3.05) is 53.3 Å². The minimum atomic E-state index is -0.0653. The largest absolute Gasteiger partial charge is 0.493 e. The average molecular weight is 431 g/mol. The Hall–Kier alpha value is -2.22. The van der Waals surface area contributed by atoms with Crippen LogP contribution < -0.4 is 14.8 Å². The van der Waals surface area contributed by atoms with Gasteiger partial charge in [-0.1, -0.05) is 18.2 Å². The van der Waals surface area contributed by atoms with Crippen molar-refractivity contribution in [3.8, 4) is 11.5 Å². The number of carbonyl (C=O) groups excluding carboxylic acids is 1. The molecule has 1 aliphatic heterocycles. The first kappa shape index (κ1) is 22.5. The molecule has 0 aliphatic carbocycles. The summed E-state index contributed by atoms with van der Waals surface area (Å²) in [4.78, 5) is 15.1. The zero-order valence-electron chi connectivity index (χ0n) is 17.8. The third-order valence-electron chi connectivity index (χ3n) is 5.26. The summed E-state index contributed by atoms with van der Waals surface area (Å²) in [5.41, 5.74) is 2.97. The fraction of sp³-hybridized carbons (Fsp3) is 0.435. The third-order valence-corrected chi connectivity index (χ3v) is 5.88. The highest BCUT2D eigenvalue weighted by atomic mass is 32.2. The summed E-state index contributed by atoms with van der Waals surface area (Å²) in [6.45, 7) is 3.51. The van der Waals surface area contributed by atoms with Gasteiger partial charge >= 0.3 is 0 Å². The van der Waals surface area contributed by atoms with E-state index in [1.165, 1.54) is 5.56 Å². The smallest absolute Gasteiger partial charge is 0.251 e. The molecule has 1 atom stereocenters. The van der Waals surface area contributed by atoms with Crippen molar-refractivity contribution in [3.63, 3.8) is 0 Å². The Kier molecular flexibility index (Phi) is 8.42. The van der Waals surface area contributed by atoms with Gasteiger partial charge in [0, 0.05) is 31.0 Å². The van der Waals surface area contributed by atoms with E-state index in [1.54, 1.807) is 26.0 Å². The molecular weight excluding hydrogens is 400 g/mol. The Morgan fingerprint density at radius 2 is 1.80 bits per heavy atom. The van der Waals surface area contributed by atoms with Crippen LogP contribution in [0.1, 0.15) is 27.5 Å². The summed E-state index contributed by atoms with van der Waals surface area (Å²) < 4.78 is 16.4. The molecule has 30 heavy (non-hydrogen) atoms. The highest BCUT2D eigenvalue weighted by Crippen LogP contribution is 2.32. The Balaban J connectivity index is 1.75. The molecule has 7 heteroatoms. The van der Waals surface area contributed by atoms with Gasteiger partial charge in [-0.3, -0.25) is 9.69 Å². The van der Waals surface area contributed by atoms with Crippen LogP contribution in [-0.2, 0) is 10.5 Å². The minimum Gasteiger partial charge on any atom is -0.493 e. The molecule has 1 amide bonds. The van der Waals surface area contributed by atoms with Gasteiger partial charge in [-0.05, 0) is 41.6 Å². The average Bonchev–Trinajstić information content (AvgIpc) is 2.80. The third kappa shape index (κ3) is 5.68. The van der Waals surface area contributed by atoms with Crippen LogP contribution in [0.4, 0.5) is 0 Å². The van der Waals surface area contributed by atoms with Crippen molar-refractivity contribution in [1.82, 2.24) is 10.2 Å². The molecule has 1 saturated heterocycles. The van der Waals surface area contributed by atoms with Crippen molar-refractivity contribution < 1.29 is 19.0 Å². The molecule has 0 bridgehead atoms. The van der Waals surface area contributed by atoms with Crippen molar-refractivity contribution in [2.45, 2.75) is 11.8 Å². The van der Waals surface area contributed by atoms with Gasteiger partial charge in [0.15, 0.2) is 11.5 Å². The molecule has 0 aromatic heterocycles. The van der Waals surface area contributed by atoms with Crippen LogP contribution in [0.15, 0.2) is 42.5 Å². The molecule has 3 rings (SSSR count). The minimum absolute atomic E-state index is 0.0217. The van der Waals surface area contributed by atoms with Gasteiger partial charge in [0.1, 0.15) is 0 Å². The lowest BCUT2D eigenvalue weighted by molar-refractivity contribution is 0.0162. The van der Waals surface area contributed by atoms with Crippen molar-refractivity contribution in [3.05, 3.63) is 59.2 Å². The second-order valence-electron chi connectivity index (χ2n) is 7.12.